The number of ether oxygens (including phenoxy) is 1. The molecule has 1 fully saturated rings. The lowest BCUT2D eigenvalue weighted by Gasteiger charge is -2.11. The molecule has 2 unspecified atom stereocenters. The Kier molecular flexibility index (Phi) is 4.24. The third kappa shape index (κ3) is 3.55. The number of carbonyl (C=O) groups excluding carboxylic acids is 1. The van der Waals surface area contributed by atoms with Crippen LogP contribution in [0.4, 0.5) is 0 Å². The van der Waals surface area contributed by atoms with Crippen molar-refractivity contribution in [2.45, 2.75) is 19.4 Å². The van der Waals surface area contributed by atoms with Gasteiger partial charge in [-0.25, -0.2) is 8.42 Å². The van der Waals surface area contributed by atoms with Crippen molar-refractivity contribution in [3.05, 3.63) is 0 Å². The Morgan fingerprint density at radius 1 is 1.47 bits per heavy atom. The molecule has 1 aliphatic heterocycles. The van der Waals surface area contributed by atoms with E-state index in [0.29, 0.717) is 13.2 Å². The first kappa shape index (κ1) is 12.6. The number of nitrogens with two attached hydrogens (primary N) is 1. The average molecular weight is 235 g/mol. The molecule has 0 bridgehead atoms. The Labute approximate surface area is 89.9 Å². The van der Waals surface area contributed by atoms with Crippen LogP contribution in [-0.2, 0) is 19.4 Å². The smallest absolute Gasteiger partial charge is 0.150 e. The molecule has 2 atom stereocenters. The Bertz CT molecular complexity index is 325. The van der Waals surface area contributed by atoms with Gasteiger partial charge in [0.2, 0.25) is 0 Å². The quantitative estimate of drug-likeness (QED) is 0.684. The summed E-state index contributed by atoms with van der Waals surface area (Å²) in [5, 5.41) is 0. The molecule has 88 valence electrons. The number of ketones is 1. The van der Waals surface area contributed by atoms with Crippen molar-refractivity contribution in [2.24, 2.45) is 11.7 Å². The van der Waals surface area contributed by atoms with E-state index in [0.717, 1.165) is 0 Å². The molecule has 5 nitrogen and oxygen atoms in total. The van der Waals surface area contributed by atoms with Crippen LogP contribution in [0.2, 0.25) is 0 Å². The van der Waals surface area contributed by atoms with Crippen molar-refractivity contribution in [3.63, 3.8) is 0 Å². The standard InChI is InChI=1S/C9H17NO4S/c1-2-15(12,13)4-3-9(11)7-5-14-6-8(7)10/h7-8H,2-6,10H2,1H3. The van der Waals surface area contributed by atoms with E-state index >= 15 is 0 Å². The van der Waals surface area contributed by atoms with Gasteiger partial charge >= 0.3 is 0 Å². The molecule has 0 saturated carbocycles. The van der Waals surface area contributed by atoms with E-state index in [1.807, 2.05) is 0 Å². The van der Waals surface area contributed by atoms with Gasteiger partial charge in [0.15, 0.2) is 0 Å². The van der Waals surface area contributed by atoms with Gasteiger partial charge in [-0.3, -0.25) is 4.79 Å². The van der Waals surface area contributed by atoms with Gasteiger partial charge in [0.1, 0.15) is 15.6 Å². The third-order valence-corrected chi connectivity index (χ3v) is 4.34. The fourth-order valence-corrected chi connectivity index (χ4v) is 2.29. The van der Waals surface area contributed by atoms with Crippen LogP contribution in [0.5, 0.6) is 0 Å². The van der Waals surface area contributed by atoms with E-state index in [9.17, 15) is 13.2 Å². The van der Waals surface area contributed by atoms with Crippen molar-refractivity contribution in [1.29, 1.82) is 0 Å². The third-order valence-electron chi connectivity index (χ3n) is 2.64. The molecule has 0 aromatic carbocycles. The molecule has 1 aliphatic rings. The molecule has 0 aromatic rings. The summed E-state index contributed by atoms with van der Waals surface area (Å²) in [6.07, 6.45) is 0.0535. The monoisotopic (exact) mass is 235 g/mol. The molecule has 2 N–H and O–H groups in total. The van der Waals surface area contributed by atoms with Crippen molar-refractivity contribution in [2.75, 3.05) is 24.7 Å². The van der Waals surface area contributed by atoms with Crippen molar-refractivity contribution < 1.29 is 17.9 Å². The predicted octanol–water partition coefficient (Wildman–Crippen LogP) is -0.646. The molecule has 6 heteroatoms. The van der Waals surface area contributed by atoms with Crippen LogP contribution in [0, 0.1) is 5.92 Å². The lowest BCUT2D eigenvalue weighted by molar-refractivity contribution is -0.122. The molecule has 0 radical (unpaired) electrons. The van der Waals surface area contributed by atoms with Crippen LogP contribution >= 0.6 is 0 Å². The van der Waals surface area contributed by atoms with Gasteiger partial charge in [-0.1, -0.05) is 6.92 Å². The summed E-state index contributed by atoms with van der Waals surface area (Å²) < 4.78 is 27.4. The summed E-state index contributed by atoms with van der Waals surface area (Å²) in [7, 11) is -3.06. The van der Waals surface area contributed by atoms with E-state index in [4.69, 9.17) is 10.5 Å². The van der Waals surface area contributed by atoms with Crippen LogP contribution in [-0.4, -0.2) is 45.0 Å². The van der Waals surface area contributed by atoms with Gasteiger partial charge in [-0.05, 0) is 0 Å². The minimum atomic E-state index is -3.06. The zero-order chi connectivity index (χ0) is 11.5. The summed E-state index contributed by atoms with van der Waals surface area (Å²) in [4.78, 5) is 11.6. The lowest BCUT2D eigenvalue weighted by atomic mass is 9.98. The second kappa shape index (κ2) is 5.05. The van der Waals surface area contributed by atoms with Crippen LogP contribution in [0.3, 0.4) is 0 Å². The first-order valence-corrected chi connectivity index (χ1v) is 6.85. The highest BCUT2D eigenvalue weighted by Crippen LogP contribution is 2.14. The number of hydrogen-bond acceptors (Lipinski definition) is 5. The molecule has 1 saturated heterocycles. The van der Waals surface area contributed by atoms with E-state index in [1.165, 1.54) is 0 Å². The zero-order valence-corrected chi connectivity index (χ0v) is 9.63. The van der Waals surface area contributed by atoms with Gasteiger partial charge < -0.3 is 10.5 Å². The highest BCUT2D eigenvalue weighted by molar-refractivity contribution is 7.91. The second-order valence-corrected chi connectivity index (χ2v) is 6.23. The van der Waals surface area contributed by atoms with Gasteiger partial charge in [0, 0.05) is 18.2 Å². The maximum absolute atomic E-state index is 11.6. The number of rotatable bonds is 5. The van der Waals surface area contributed by atoms with Gasteiger partial charge in [0.25, 0.3) is 0 Å². The Morgan fingerprint density at radius 3 is 2.60 bits per heavy atom. The molecule has 0 aromatic heterocycles. The molecule has 1 heterocycles. The van der Waals surface area contributed by atoms with Gasteiger partial charge in [-0.2, -0.15) is 0 Å². The van der Waals surface area contributed by atoms with E-state index < -0.39 is 9.84 Å². The van der Waals surface area contributed by atoms with Crippen molar-refractivity contribution >= 4 is 15.6 Å². The molecule has 1 rings (SSSR count). The van der Waals surface area contributed by atoms with Crippen molar-refractivity contribution in [3.8, 4) is 0 Å². The predicted molar refractivity (Wildman–Crippen MR) is 56.2 cm³/mol. The summed E-state index contributed by atoms with van der Waals surface area (Å²) in [5.74, 6) is -0.423. The Balaban J connectivity index is 2.43. The highest BCUT2D eigenvalue weighted by Gasteiger charge is 2.31. The molecular weight excluding hydrogens is 218 g/mol. The maximum Gasteiger partial charge on any atom is 0.150 e. The van der Waals surface area contributed by atoms with Crippen molar-refractivity contribution in [1.82, 2.24) is 0 Å². The summed E-state index contributed by atoms with van der Waals surface area (Å²) in [6, 6.07) is -0.276. The van der Waals surface area contributed by atoms with Crippen LogP contribution in [0.25, 0.3) is 0 Å². The van der Waals surface area contributed by atoms with Crippen LogP contribution < -0.4 is 5.73 Å². The lowest BCUT2D eigenvalue weighted by Crippen LogP contribution is -2.34. The van der Waals surface area contributed by atoms with Crippen LogP contribution in [0.15, 0.2) is 0 Å². The topological polar surface area (TPSA) is 86.5 Å². The van der Waals surface area contributed by atoms with E-state index in [2.05, 4.69) is 0 Å². The Hall–Kier alpha value is -0.460. The van der Waals surface area contributed by atoms with Crippen LogP contribution in [0.1, 0.15) is 13.3 Å². The second-order valence-electron chi connectivity index (χ2n) is 3.76. The fourth-order valence-electron chi connectivity index (χ4n) is 1.49. The average Bonchev–Trinajstić information content (AvgIpc) is 2.61. The minimum Gasteiger partial charge on any atom is -0.379 e. The molecule has 0 amide bonds. The maximum atomic E-state index is 11.6. The number of sulfone groups is 1. The normalized spacial score (nSPS) is 26.8. The molecule has 0 spiro atoms. The fraction of sp³-hybridized carbons (Fsp3) is 0.889. The van der Waals surface area contributed by atoms with E-state index in [1.54, 1.807) is 6.92 Å². The molecule has 15 heavy (non-hydrogen) atoms. The summed E-state index contributed by atoms with van der Waals surface area (Å²) >= 11 is 0. The number of Topliss-reactive ketones (excluding diaryl/α,β-unsaturated/α-hetero) is 1. The largest absolute Gasteiger partial charge is 0.379 e. The van der Waals surface area contributed by atoms with E-state index in [-0.39, 0.29) is 35.7 Å². The highest BCUT2D eigenvalue weighted by atomic mass is 32.2. The van der Waals surface area contributed by atoms with Gasteiger partial charge in [0.05, 0.1) is 24.9 Å². The summed E-state index contributed by atoms with van der Waals surface area (Å²) in [6.45, 7) is 2.29. The summed E-state index contributed by atoms with van der Waals surface area (Å²) in [5.41, 5.74) is 5.66. The molecule has 0 aliphatic carbocycles. The zero-order valence-electron chi connectivity index (χ0n) is 8.81. The molecular formula is C9H17NO4S. The minimum absolute atomic E-state index is 0.0535. The Morgan fingerprint density at radius 2 is 2.13 bits per heavy atom. The number of carbonyl (C=O) groups is 1. The van der Waals surface area contributed by atoms with Gasteiger partial charge in [-0.15, -0.1) is 0 Å². The number of hydrogen-bond donors (Lipinski definition) is 1. The first-order chi connectivity index (χ1) is 6.96. The first-order valence-electron chi connectivity index (χ1n) is 5.02. The SMILES string of the molecule is CCS(=O)(=O)CCC(=O)C1COCC1N.